The van der Waals surface area contributed by atoms with Gasteiger partial charge < -0.3 is 9.47 Å². The second-order valence-corrected chi connectivity index (χ2v) is 2.84. The average molecular weight is 220 g/mol. The van der Waals surface area contributed by atoms with E-state index in [4.69, 9.17) is 21.1 Å². The lowest BCUT2D eigenvalue weighted by Gasteiger charge is -2.02. The largest absolute Gasteiger partial charge is 0.472 e. The van der Waals surface area contributed by atoms with E-state index < -0.39 is 17.8 Å². The highest BCUT2D eigenvalue weighted by molar-refractivity contribution is 6.47. The SMILES string of the molecule is CCOC(=O)C1COC(C(=O)CCl)=N1. The number of halogens is 1. The number of aliphatic imine (C=N–C) groups is 1. The molecule has 0 aromatic rings. The molecule has 1 rings (SSSR count). The summed E-state index contributed by atoms with van der Waals surface area (Å²) in [6.45, 7) is 2.03. The van der Waals surface area contributed by atoms with Crippen molar-refractivity contribution in [3.63, 3.8) is 0 Å². The zero-order chi connectivity index (χ0) is 10.6. The number of carbonyl (C=O) groups is 2. The van der Waals surface area contributed by atoms with E-state index in [-0.39, 0.29) is 25.0 Å². The minimum atomic E-state index is -0.725. The smallest absolute Gasteiger partial charge is 0.334 e. The molecule has 6 heteroatoms. The highest BCUT2D eigenvalue weighted by atomic mass is 35.5. The molecular formula is C8H10ClNO4. The Morgan fingerprint density at radius 2 is 2.43 bits per heavy atom. The molecule has 0 N–H and O–H groups in total. The van der Waals surface area contributed by atoms with Gasteiger partial charge in [-0.3, -0.25) is 4.79 Å². The van der Waals surface area contributed by atoms with E-state index in [1.807, 2.05) is 0 Å². The summed E-state index contributed by atoms with van der Waals surface area (Å²) in [5.74, 6) is -1.18. The second kappa shape index (κ2) is 4.95. The number of alkyl halides is 1. The summed E-state index contributed by atoms with van der Waals surface area (Å²) in [6, 6.07) is -0.725. The molecule has 0 radical (unpaired) electrons. The van der Waals surface area contributed by atoms with Crippen LogP contribution in [0.15, 0.2) is 4.99 Å². The Bertz CT molecular complexity index is 277. The predicted molar refractivity (Wildman–Crippen MR) is 49.5 cm³/mol. The molecule has 0 saturated carbocycles. The molecule has 1 heterocycles. The van der Waals surface area contributed by atoms with Crippen LogP contribution in [0.25, 0.3) is 0 Å². The second-order valence-electron chi connectivity index (χ2n) is 2.57. The molecule has 1 unspecified atom stereocenters. The van der Waals surface area contributed by atoms with Crippen molar-refractivity contribution < 1.29 is 19.1 Å². The van der Waals surface area contributed by atoms with Crippen LogP contribution in [-0.4, -0.2) is 42.8 Å². The molecular weight excluding hydrogens is 210 g/mol. The lowest BCUT2D eigenvalue weighted by molar-refractivity contribution is -0.144. The molecule has 0 saturated heterocycles. The topological polar surface area (TPSA) is 65.0 Å². The van der Waals surface area contributed by atoms with Gasteiger partial charge >= 0.3 is 5.97 Å². The number of carbonyl (C=O) groups excluding carboxylic acids is 2. The van der Waals surface area contributed by atoms with E-state index in [1.54, 1.807) is 6.92 Å². The maximum atomic E-state index is 11.1. The molecule has 1 aliphatic heterocycles. The maximum Gasteiger partial charge on any atom is 0.334 e. The standard InChI is InChI=1S/C8H10ClNO4/c1-2-13-8(12)5-4-14-7(10-5)6(11)3-9/h5H,2-4H2,1H3. The number of Topliss-reactive ketones (excluding diaryl/α,β-unsaturated/α-hetero) is 1. The first-order chi connectivity index (χ1) is 6.69. The molecule has 0 aromatic heterocycles. The lowest BCUT2D eigenvalue weighted by atomic mass is 10.3. The minimum Gasteiger partial charge on any atom is -0.472 e. The van der Waals surface area contributed by atoms with Gasteiger partial charge in [-0.1, -0.05) is 0 Å². The van der Waals surface area contributed by atoms with Gasteiger partial charge in [0.05, 0.1) is 12.5 Å². The van der Waals surface area contributed by atoms with Gasteiger partial charge in [0.2, 0.25) is 5.78 Å². The van der Waals surface area contributed by atoms with Crippen molar-refractivity contribution in [1.82, 2.24) is 0 Å². The van der Waals surface area contributed by atoms with Crippen LogP contribution in [0.4, 0.5) is 0 Å². The van der Waals surface area contributed by atoms with Crippen molar-refractivity contribution in [3.8, 4) is 0 Å². The van der Waals surface area contributed by atoms with Crippen molar-refractivity contribution in [2.75, 3.05) is 19.1 Å². The van der Waals surface area contributed by atoms with Crippen LogP contribution in [0.5, 0.6) is 0 Å². The number of nitrogens with zero attached hydrogens (tertiary/aromatic N) is 1. The Morgan fingerprint density at radius 1 is 1.71 bits per heavy atom. The monoisotopic (exact) mass is 219 g/mol. The summed E-state index contributed by atoms with van der Waals surface area (Å²) in [4.78, 5) is 25.9. The normalized spacial score (nSPS) is 19.9. The van der Waals surface area contributed by atoms with E-state index in [1.165, 1.54) is 0 Å². The van der Waals surface area contributed by atoms with Gasteiger partial charge in [0.15, 0.2) is 6.04 Å². The van der Waals surface area contributed by atoms with E-state index in [0.29, 0.717) is 0 Å². The van der Waals surface area contributed by atoms with Gasteiger partial charge in [-0.2, -0.15) is 0 Å². The van der Waals surface area contributed by atoms with Crippen molar-refractivity contribution in [1.29, 1.82) is 0 Å². The van der Waals surface area contributed by atoms with Crippen molar-refractivity contribution in [2.45, 2.75) is 13.0 Å². The zero-order valence-corrected chi connectivity index (χ0v) is 8.41. The van der Waals surface area contributed by atoms with Crippen molar-refractivity contribution in [2.24, 2.45) is 4.99 Å². The number of ketones is 1. The molecule has 5 nitrogen and oxygen atoms in total. The van der Waals surface area contributed by atoms with Crippen LogP contribution in [-0.2, 0) is 19.1 Å². The quantitative estimate of drug-likeness (QED) is 0.499. The first-order valence-corrected chi connectivity index (χ1v) is 4.69. The van der Waals surface area contributed by atoms with Crippen molar-refractivity contribution in [3.05, 3.63) is 0 Å². The van der Waals surface area contributed by atoms with Crippen LogP contribution in [0.2, 0.25) is 0 Å². The van der Waals surface area contributed by atoms with E-state index in [0.717, 1.165) is 0 Å². The Labute approximate surface area is 86.0 Å². The fraction of sp³-hybridized carbons (Fsp3) is 0.625. The third-order valence-corrected chi connectivity index (χ3v) is 1.81. The molecule has 78 valence electrons. The minimum absolute atomic E-state index is 0.0524. The van der Waals surface area contributed by atoms with E-state index in [9.17, 15) is 9.59 Å². The van der Waals surface area contributed by atoms with Crippen LogP contribution >= 0.6 is 11.6 Å². The van der Waals surface area contributed by atoms with Crippen molar-refractivity contribution >= 4 is 29.3 Å². The fourth-order valence-corrected chi connectivity index (χ4v) is 1.06. The molecule has 0 amide bonds. The molecule has 1 aliphatic rings. The molecule has 1 atom stereocenters. The van der Waals surface area contributed by atoms with Gasteiger partial charge in [-0.15, -0.1) is 11.6 Å². The lowest BCUT2D eigenvalue weighted by Crippen LogP contribution is -2.22. The van der Waals surface area contributed by atoms with Crippen LogP contribution in [0.3, 0.4) is 0 Å². The van der Waals surface area contributed by atoms with Crippen LogP contribution < -0.4 is 0 Å². The highest BCUT2D eigenvalue weighted by Gasteiger charge is 2.29. The van der Waals surface area contributed by atoms with Gasteiger partial charge in [0.1, 0.15) is 6.61 Å². The van der Waals surface area contributed by atoms with Crippen LogP contribution in [0.1, 0.15) is 6.92 Å². The predicted octanol–water partition coefficient (Wildman–Crippen LogP) is 0.155. The Balaban J connectivity index is 2.57. The summed E-state index contributed by atoms with van der Waals surface area (Å²) in [5, 5.41) is 0. The average Bonchev–Trinajstić information content (AvgIpc) is 2.66. The summed E-state index contributed by atoms with van der Waals surface area (Å²) in [5.41, 5.74) is 0. The summed E-state index contributed by atoms with van der Waals surface area (Å²) in [6.07, 6.45) is 0. The molecule has 0 spiro atoms. The molecule has 0 fully saturated rings. The molecule has 0 aromatic carbocycles. The molecule has 14 heavy (non-hydrogen) atoms. The Morgan fingerprint density at radius 3 is 3.00 bits per heavy atom. The molecule has 0 bridgehead atoms. The van der Waals surface area contributed by atoms with Crippen LogP contribution in [0, 0.1) is 0 Å². The first kappa shape index (κ1) is 11.0. The zero-order valence-electron chi connectivity index (χ0n) is 7.66. The number of ether oxygens (including phenoxy) is 2. The summed E-state index contributed by atoms with van der Waals surface area (Å²) >= 11 is 5.29. The van der Waals surface area contributed by atoms with E-state index in [2.05, 4.69) is 4.99 Å². The highest BCUT2D eigenvalue weighted by Crippen LogP contribution is 2.07. The van der Waals surface area contributed by atoms with Gasteiger partial charge in [-0.25, -0.2) is 9.79 Å². The molecule has 0 aliphatic carbocycles. The number of hydrogen-bond donors (Lipinski definition) is 0. The van der Waals surface area contributed by atoms with Gasteiger partial charge in [0, 0.05) is 0 Å². The Kier molecular flexibility index (Phi) is 3.88. The number of hydrogen-bond acceptors (Lipinski definition) is 5. The summed E-state index contributed by atoms with van der Waals surface area (Å²) < 4.78 is 9.62. The third kappa shape index (κ3) is 2.45. The Hall–Kier alpha value is -1.10. The van der Waals surface area contributed by atoms with Gasteiger partial charge in [0.25, 0.3) is 5.90 Å². The number of rotatable bonds is 4. The summed E-state index contributed by atoms with van der Waals surface area (Å²) in [7, 11) is 0. The maximum absolute atomic E-state index is 11.1. The first-order valence-electron chi connectivity index (χ1n) is 4.15. The fourth-order valence-electron chi connectivity index (χ4n) is 0.943. The number of esters is 1. The third-order valence-electron chi connectivity index (χ3n) is 1.57. The van der Waals surface area contributed by atoms with Gasteiger partial charge in [-0.05, 0) is 6.92 Å². The van der Waals surface area contributed by atoms with E-state index >= 15 is 0 Å².